The molecule has 0 saturated heterocycles. The average Bonchev–Trinajstić information content (AvgIpc) is 2.70. The van der Waals surface area contributed by atoms with Crippen molar-refractivity contribution in [3.63, 3.8) is 0 Å². The van der Waals surface area contributed by atoms with Gasteiger partial charge in [-0.3, -0.25) is 4.99 Å². The number of aliphatic imine (C=N–C) groups is 1. The Bertz CT molecular complexity index is 864. The number of hydrogen-bond donors (Lipinski definition) is 2. The summed E-state index contributed by atoms with van der Waals surface area (Å²) in [4.78, 5) is 4.71. The predicted octanol–water partition coefficient (Wildman–Crippen LogP) is 4.26. The second-order valence-corrected chi connectivity index (χ2v) is 5.97. The van der Waals surface area contributed by atoms with Gasteiger partial charge >= 0.3 is 0 Å². The summed E-state index contributed by atoms with van der Waals surface area (Å²) in [7, 11) is 1.52. The largest absolute Gasteiger partial charge is 0.504 e. The first kappa shape index (κ1) is 17.7. The van der Waals surface area contributed by atoms with Gasteiger partial charge in [-0.15, -0.1) is 0 Å². The summed E-state index contributed by atoms with van der Waals surface area (Å²) in [5.74, 6) is 0.483. The zero-order valence-electron chi connectivity index (χ0n) is 14.6. The minimum atomic E-state index is -0.303. The van der Waals surface area contributed by atoms with E-state index in [0.717, 1.165) is 11.1 Å². The van der Waals surface area contributed by atoms with Gasteiger partial charge in [0.15, 0.2) is 11.5 Å². The van der Waals surface area contributed by atoms with Crippen LogP contribution in [0.3, 0.4) is 0 Å². The van der Waals surface area contributed by atoms with Gasteiger partial charge in [0, 0.05) is 11.8 Å². The van der Waals surface area contributed by atoms with Crippen molar-refractivity contribution < 1.29 is 9.84 Å². The van der Waals surface area contributed by atoms with E-state index in [1.807, 2.05) is 66.7 Å². The van der Waals surface area contributed by atoms with E-state index in [4.69, 9.17) is 15.5 Å². The Hall–Kier alpha value is -3.11. The minimum absolute atomic E-state index is 0.0684. The van der Waals surface area contributed by atoms with Gasteiger partial charge in [0.05, 0.1) is 19.2 Å². The number of benzene rings is 3. The molecule has 0 aromatic heterocycles. The Kier molecular flexibility index (Phi) is 5.66. The Morgan fingerprint density at radius 1 is 0.885 bits per heavy atom. The molecule has 2 atom stereocenters. The maximum atomic E-state index is 10.3. The van der Waals surface area contributed by atoms with E-state index in [1.54, 1.807) is 18.3 Å². The number of methoxy groups -OCH3 is 1. The van der Waals surface area contributed by atoms with E-state index in [-0.39, 0.29) is 17.8 Å². The summed E-state index contributed by atoms with van der Waals surface area (Å²) in [6.45, 7) is 0. The van der Waals surface area contributed by atoms with Crippen LogP contribution in [-0.2, 0) is 0 Å². The lowest BCUT2D eigenvalue weighted by atomic mass is 9.94. The van der Waals surface area contributed by atoms with Crippen LogP contribution in [0, 0.1) is 0 Å². The second kappa shape index (κ2) is 8.32. The summed E-state index contributed by atoms with van der Waals surface area (Å²) in [5.41, 5.74) is 9.14. The van der Waals surface area contributed by atoms with E-state index < -0.39 is 0 Å². The van der Waals surface area contributed by atoms with Crippen LogP contribution >= 0.6 is 0 Å². The van der Waals surface area contributed by atoms with Crippen LogP contribution < -0.4 is 10.5 Å². The highest BCUT2D eigenvalue weighted by Gasteiger charge is 2.20. The van der Waals surface area contributed by atoms with Crippen LogP contribution in [0.15, 0.2) is 83.9 Å². The van der Waals surface area contributed by atoms with Gasteiger partial charge in [-0.05, 0) is 23.3 Å². The molecule has 0 aliphatic heterocycles. The molecule has 2 unspecified atom stereocenters. The fourth-order valence-electron chi connectivity index (χ4n) is 2.86. The Labute approximate surface area is 153 Å². The number of nitrogens with zero attached hydrogens (tertiary/aromatic N) is 1. The van der Waals surface area contributed by atoms with E-state index in [0.29, 0.717) is 11.3 Å². The number of phenolic OH excluding ortho intramolecular Hbond substituents is 1. The summed E-state index contributed by atoms with van der Waals surface area (Å²) in [6.07, 6.45) is 1.65. The van der Waals surface area contributed by atoms with E-state index in [1.165, 1.54) is 7.11 Å². The molecule has 3 rings (SSSR count). The zero-order valence-corrected chi connectivity index (χ0v) is 14.6. The molecule has 0 heterocycles. The van der Waals surface area contributed by atoms with Gasteiger partial charge in [-0.2, -0.15) is 0 Å². The summed E-state index contributed by atoms with van der Waals surface area (Å²) in [5, 5.41) is 10.3. The number of para-hydroxylation sites is 1. The van der Waals surface area contributed by atoms with Crippen LogP contribution in [0.2, 0.25) is 0 Å². The lowest BCUT2D eigenvalue weighted by molar-refractivity contribution is 0.373. The highest BCUT2D eigenvalue weighted by atomic mass is 16.5. The number of ether oxygens (including phenoxy) is 1. The smallest absolute Gasteiger partial charge is 0.166 e. The monoisotopic (exact) mass is 346 g/mol. The minimum Gasteiger partial charge on any atom is -0.504 e. The van der Waals surface area contributed by atoms with Crippen molar-refractivity contribution in [1.29, 1.82) is 0 Å². The Morgan fingerprint density at radius 3 is 2.12 bits per heavy atom. The van der Waals surface area contributed by atoms with Gasteiger partial charge in [0.25, 0.3) is 0 Å². The summed E-state index contributed by atoms with van der Waals surface area (Å²) < 4.78 is 5.16. The standard InChI is InChI=1S/C22H22N2O2/c1-26-19-14-8-13-18(22(19)25)15-24-21(17-11-6-3-7-12-17)20(23)16-9-4-2-5-10-16/h2-15,20-21,25H,23H2,1H3. The fraction of sp³-hybridized carbons (Fsp3) is 0.136. The molecule has 0 radical (unpaired) electrons. The number of rotatable bonds is 6. The van der Waals surface area contributed by atoms with E-state index in [2.05, 4.69) is 0 Å². The van der Waals surface area contributed by atoms with Crippen LogP contribution in [-0.4, -0.2) is 18.4 Å². The maximum Gasteiger partial charge on any atom is 0.166 e. The summed E-state index contributed by atoms with van der Waals surface area (Å²) >= 11 is 0. The van der Waals surface area contributed by atoms with Crippen LogP contribution in [0.1, 0.15) is 28.8 Å². The van der Waals surface area contributed by atoms with Crippen LogP contribution in [0.25, 0.3) is 0 Å². The molecule has 0 spiro atoms. The molecule has 0 aliphatic carbocycles. The SMILES string of the molecule is COc1cccc(C=NC(c2ccccc2)C(N)c2ccccc2)c1O. The molecule has 3 N–H and O–H groups in total. The Balaban J connectivity index is 1.97. The Morgan fingerprint density at radius 2 is 1.50 bits per heavy atom. The normalized spacial score (nSPS) is 13.5. The highest BCUT2D eigenvalue weighted by molar-refractivity contribution is 5.85. The molecule has 3 aromatic rings. The number of hydrogen-bond acceptors (Lipinski definition) is 4. The van der Waals surface area contributed by atoms with Crippen molar-refractivity contribution in [3.8, 4) is 11.5 Å². The molecule has 26 heavy (non-hydrogen) atoms. The van der Waals surface area contributed by atoms with Crippen molar-refractivity contribution in [1.82, 2.24) is 0 Å². The molecule has 0 fully saturated rings. The molecule has 0 bridgehead atoms. The lowest BCUT2D eigenvalue weighted by Gasteiger charge is -2.21. The molecular formula is C22H22N2O2. The van der Waals surface area contributed by atoms with Crippen LogP contribution in [0.5, 0.6) is 11.5 Å². The van der Waals surface area contributed by atoms with Crippen molar-refractivity contribution in [3.05, 3.63) is 95.6 Å². The van der Waals surface area contributed by atoms with Gasteiger partial charge in [0.1, 0.15) is 0 Å². The quantitative estimate of drug-likeness (QED) is 0.655. The number of phenols is 1. The van der Waals surface area contributed by atoms with Crippen molar-refractivity contribution in [2.24, 2.45) is 10.7 Å². The molecule has 132 valence electrons. The first-order chi connectivity index (χ1) is 12.7. The number of nitrogens with two attached hydrogens (primary N) is 1. The second-order valence-electron chi connectivity index (χ2n) is 5.97. The molecule has 0 amide bonds. The van der Waals surface area contributed by atoms with Gasteiger partial charge in [-0.25, -0.2) is 0 Å². The van der Waals surface area contributed by atoms with Gasteiger partial charge in [-0.1, -0.05) is 66.7 Å². The molecule has 0 saturated carbocycles. The molecule has 4 nitrogen and oxygen atoms in total. The third kappa shape index (κ3) is 3.92. The first-order valence-electron chi connectivity index (χ1n) is 8.45. The highest BCUT2D eigenvalue weighted by Crippen LogP contribution is 2.32. The van der Waals surface area contributed by atoms with Gasteiger partial charge in [0.2, 0.25) is 0 Å². The molecule has 4 heteroatoms. The zero-order chi connectivity index (χ0) is 18.4. The lowest BCUT2D eigenvalue weighted by Crippen LogP contribution is -2.18. The third-order valence-corrected chi connectivity index (χ3v) is 4.29. The van der Waals surface area contributed by atoms with Crippen LogP contribution in [0.4, 0.5) is 0 Å². The summed E-state index contributed by atoms with van der Waals surface area (Å²) in [6, 6.07) is 24.6. The van der Waals surface area contributed by atoms with E-state index >= 15 is 0 Å². The van der Waals surface area contributed by atoms with Crippen molar-refractivity contribution >= 4 is 6.21 Å². The fourth-order valence-corrected chi connectivity index (χ4v) is 2.86. The van der Waals surface area contributed by atoms with E-state index in [9.17, 15) is 5.11 Å². The first-order valence-corrected chi connectivity index (χ1v) is 8.45. The average molecular weight is 346 g/mol. The van der Waals surface area contributed by atoms with Crippen molar-refractivity contribution in [2.75, 3.05) is 7.11 Å². The number of aromatic hydroxyl groups is 1. The van der Waals surface area contributed by atoms with Gasteiger partial charge < -0.3 is 15.6 Å². The topological polar surface area (TPSA) is 67.8 Å². The molecule has 0 aliphatic rings. The molecular weight excluding hydrogens is 324 g/mol. The molecule has 3 aromatic carbocycles. The maximum absolute atomic E-state index is 10.3. The predicted molar refractivity (Wildman–Crippen MR) is 105 cm³/mol. The van der Waals surface area contributed by atoms with Crippen molar-refractivity contribution in [2.45, 2.75) is 12.1 Å². The third-order valence-electron chi connectivity index (χ3n) is 4.29.